The van der Waals surface area contributed by atoms with Crippen molar-refractivity contribution < 1.29 is 37.6 Å². The molecule has 9 nitrogen and oxygen atoms in total. The van der Waals surface area contributed by atoms with Gasteiger partial charge in [-0.15, -0.1) is 0 Å². The number of carbonyl (C=O) groups is 2. The van der Waals surface area contributed by atoms with Gasteiger partial charge >= 0.3 is 19.8 Å². The van der Waals surface area contributed by atoms with Crippen LogP contribution in [0.15, 0.2) is 72.9 Å². The standard InChI is InChI=1S/C47H82NO8P/c1-3-5-7-9-11-13-15-17-19-21-22-24-25-27-29-31-33-35-37-39-46(49)53-43-45(44-55-57(51,52)54-42-41-48)56-47(50)40-38-36-34-32-30-28-26-23-20-18-16-14-12-10-8-6-4-2/h11-14,17-20,22,24,27,29,45H,3-10,15-16,21,23,25-26,28,30-44,48H2,1-2H3,(H,51,52)/b13-11+,14-12+,19-17+,20-18+,24-22+,29-27+/t45-/m1/s1. The summed E-state index contributed by atoms with van der Waals surface area (Å²) in [4.78, 5) is 34.9. The summed E-state index contributed by atoms with van der Waals surface area (Å²) in [6.45, 7) is 3.62. The molecule has 0 rings (SSSR count). The van der Waals surface area contributed by atoms with E-state index in [0.29, 0.717) is 12.8 Å². The fraction of sp³-hybridized carbons (Fsp3) is 0.702. The molecule has 0 heterocycles. The second-order valence-electron chi connectivity index (χ2n) is 14.6. The number of hydrogen-bond donors (Lipinski definition) is 2. The number of unbranched alkanes of at least 4 members (excludes halogenated alkanes) is 16. The van der Waals surface area contributed by atoms with Crippen molar-refractivity contribution in [1.29, 1.82) is 0 Å². The van der Waals surface area contributed by atoms with Crippen LogP contribution < -0.4 is 5.73 Å². The van der Waals surface area contributed by atoms with Crippen LogP contribution in [0.3, 0.4) is 0 Å². The molecule has 328 valence electrons. The topological polar surface area (TPSA) is 134 Å². The third-order valence-electron chi connectivity index (χ3n) is 9.06. The fourth-order valence-electron chi connectivity index (χ4n) is 5.71. The molecule has 0 fully saturated rings. The van der Waals surface area contributed by atoms with Crippen LogP contribution in [0.2, 0.25) is 0 Å². The maximum Gasteiger partial charge on any atom is 0.472 e. The van der Waals surface area contributed by atoms with Crippen molar-refractivity contribution in [1.82, 2.24) is 0 Å². The second kappa shape index (κ2) is 43.0. The van der Waals surface area contributed by atoms with Crippen molar-refractivity contribution in [2.24, 2.45) is 5.73 Å². The van der Waals surface area contributed by atoms with Gasteiger partial charge < -0.3 is 20.1 Å². The van der Waals surface area contributed by atoms with Gasteiger partial charge in [0.1, 0.15) is 6.61 Å². The minimum Gasteiger partial charge on any atom is -0.462 e. The summed E-state index contributed by atoms with van der Waals surface area (Å²) in [7, 11) is -4.39. The summed E-state index contributed by atoms with van der Waals surface area (Å²) in [5, 5.41) is 0. The number of esters is 2. The zero-order valence-electron chi connectivity index (χ0n) is 36.0. The molecule has 0 saturated heterocycles. The molecule has 0 aromatic carbocycles. The number of allylic oxidation sites excluding steroid dienone is 12. The average molecular weight is 820 g/mol. The van der Waals surface area contributed by atoms with Gasteiger partial charge in [0, 0.05) is 19.4 Å². The monoisotopic (exact) mass is 820 g/mol. The summed E-state index contributed by atoms with van der Waals surface area (Å²) in [6.07, 6.45) is 52.1. The Morgan fingerprint density at radius 1 is 0.526 bits per heavy atom. The van der Waals surface area contributed by atoms with E-state index in [4.69, 9.17) is 24.3 Å². The van der Waals surface area contributed by atoms with E-state index in [2.05, 4.69) is 86.8 Å². The minimum atomic E-state index is -4.39. The van der Waals surface area contributed by atoms with E-state index in [1.165, 1.54) is 70.6 Å². The Balaban J connectivity index is 4.23. The largest absolute Gasteiger partial charge is 0.472 e. The van der Waals surface area contributed by atoms with Crippen LogP contribution in [0.5, 0.6) is 0 Å². The van der Waals surface area contributed by atoms with Gasteiger partial charge in [0.15, 0.2) is 6.10 Å². The van der Waals surface area contributed by atoms with Crippen molar-refractivity contribution in [3.63, 3.8) is 0 Å². The molecule has 2 atom stereocenters. The van der Waals surface area contributed by atoms with Crippen molar-refractivity contribution >= 4 is 19.8 Å². The SMILES string of the molecule is CCCCC/C=C/C/C=C/C/C=C/C/C=C/CCCCCC(=O)OC[C@H](COP(=O)(O)OCCN)OC(=O)CCCCCCCCC/C=C/C/C=C/CCCCC. The summed E-state index contributed by atoms with van der Waals surface area (Å²) in [5.41, 5.74) is 5.35. The summed E-state index contributed by atoms with van der Waals surface area (Å²) >= 11 is 0. The molecule has 0 radical (unpaired) electrons. The first-order valence-electron chi connectivity index (χ1n) is 22.4. The molecule has 0 saturated carbocycles. The maximum absolute atomic E-state index is 12.6. The zero-order valence-corrected chi connectivity index (χ0v) is 36.9. The van der Waals surface area contributed by atoms with E-state index in [9.17, 15) is 19.0 Å². The Bertz CT molecular complexity index is 1160. The molecule has 0 bridgehead atoms. The first-order valence-corrected chi connectivity index (χ1v) is 23.9. The Labute approximate surface area is 348 Å². The highest BCUT2D eigenvalue weighted by molar-refractivity contribution is 7.47. The molecule has 0 aliphatic rings. The van der Waals surface area contributed by atoms with Crippen LogP contribution in [-0.2, 0) is 32.7 Å². The van der Waals surface area contributed by atoms with Gasteiger partial charge in [0.2, 0.25) is 0 Å². The van der Waals surface area contributed by atoms with Crippen LogP contribution in [0.4, 0.5) is 0 Å². The Hall–Kier alpha value is -2.55. The van der Waals surface area contributed by atoms with Crippen LogP contribution in [0, 0.1) is 0 Å². The zero-order chi connectivity index (χ0) is 41.8. The fourth-order valence-corrected chi connectivity index (χ4v) is 6.47. The van der Waals surface area contributed by atoms with Gasteiger partial charge in [0.05, 0.1) is 13.2 Å². The molecule has 0 aromatic heterocycles. The van der Waals surface area contributed by atoms with Crippen molar-refractivity contribution in [2.45, 2.75) is 187 Å². The molecule has 0 amide bonds. The number of rotatable bonds is 41. The van der Waals surface area contributed by atoms with E-state index in [-0.39, 0.29) is 32.6 Å². The molecular formula is C47H82NO8P. The molecule has 0 spiro atoms. The first-order chi connectivity index (χ1) is 27.8. The van der Waals surface area contributed by atoms with Gasteiger partial charge in [-0.2, -0.15) is 0 Å². The third-order valence-corrected chi connectivity index (χ3v) is 10.0. The number of phosphoric ester groups is 1. The smallest absolute Gasteiger partial charge is 0.462 e. The lowest BCUT2D eigenvalue weighted by Crippen LogP contribution is -2.29. The number of phosphoric acid groups is 1. The van der Waals surface area contributed by atoms with Crippen LogP contribution in [-0.4, -0.2) is 49.3 Å². The molecule has 1 unspecified atom stereocenters. The highest BCUT2D eigenvalue weighted by atomic mass is 31.2. The summed E-state index contributed by atoms with van der Waals surface area (Å²) in [6, 6.07) is 0. The molecular weight excluding hydrogens is 737 g/mol. The second-order valence-corrected chi connectivity index (χ2v) is 16.0. The van der Waals surface area contributed by atoms with Crippen LogP contribution in [0.25, 0.3) is 0 Å². The Morgan fingerprint density at radius 3 is 1.37 bits per heavy atom. The maximum atomic E-state index is 12.6. The minimum absolute atomic E-state index is 0.0439. The van der Waals surface area contributed by atoms with E-state index < -0.39 is 32.5 Å². The highest BCUT2D eigenvalue weighted by Crippen LogP contribution is 2.43. The van der Waals surface area contributed by atoms with Crippen molar-refractivity contribution in [2.75, 3.05) is 26.4 Å². The van der Waals surface area contributed by atoms with Gasteiger partial charge in [-0.05, 0) is 89.9 Å². The third kappa shape index (κ3) is 42.9. The van der Waals surface area contributed by atoms with Gasteiger partial charge in [0.25, 0.3) is 0 Å². The predicted molar refractivity (Wildman–Crippen MR) is 238 cm³/mol. The normalized spacial score (nSPS) is 14.0. The molecule has 3 N–H and O–H groups in total. The summed E-state index contributed by atoms with van der Waals surface area (Å²) < 4.78 is 32.8. The van der Waals surface area contributed by atoms with Crippen LogP contribution >= 0.6 is 7.82 Å². The number of hydrogen-bond acceptors (Lipinski definition) is 8. The van der Waals surface area contributed by atoms with Gasteiger partial charge in [-0.1, -0.05) is 151 Å². The molecule has 0 aliphatic heterocycles. The van der Waals surface area contributed by atoms with E-state index in [1.54, 1.807) is 0 Å². The van der Waals surface area contributed by atoms with Gasteiger partial charge in [-0.3, -0.25) is 18.6 Å². The quantitative estimate of drug-likeness (QED) is 0.0267. The number of nitrogens with two attached hydrogens (primary N) is 1. The average Bonchev–Trinajstić information content (AvgIpc) is 3.20. The van der Waals surface area contributed by atoms with Crippen molar-refractivity contribution in [3.05, 3.63) is 72.9 Å². The molecule has 57 heavy (non-hydrogen) atoms. The number of carbonyl (C=O) groups excluding carboxylic acids is 2. The first kappa shape index (κ1) is 54.5. The van der Waals surface area contributed by atoms with E-state index in [1.807, 2.05) is 0 Å². The van der Waals surface area contributed by atoms with E-state index in [0.717, 1.165) is 70.6 Å². The predicted octanol–water partition coefficient (Wildman–Crippen LogP) is 13.1. The lowest BCUT2D eigenvalue weighted by atomic mass is 10.1. The lowest BCUT2D eigenvalue weighted by molar-refractivity contribution is -0.161. The molecule has 10 heteroatoms. The Kier molecular flexibility index (Phi) is 41.1. The summed E-state index contributed by atoms with van der Waals surface area (Å²) in [5.74, 6) is -0.878. The lowest BCUT2D eigenvalue weighted by Gasteiger charge is -2.19. The molecule has 0 aromatic rings. The van der Waals surface area contributed by atoms with Crippen LogP contribution in [0.1, 0.15) is 181 Å². The highest BCUT2D eigenvalue weighted by Gasteiger charge is 2.26. The number of ether oxygens (including phenoxy) is 2. The Morgan fingerprint density at radius 2 is 0.912 bits per heavy atom. The van der Waals surface area contributed by atoms with Crippen molar-refractivity contribution in [3.8, 4) is 0 Å². The van der Waals surface area contributed by atoms with Gasteiger partial charge in [-0.25, -0.2) is 4.57 Å². The van der Waals surface area contributed by atoms with E-state index >= 15 is 0 Å². The molecule has 0 aliphatic carbocycles.